The van der Waals surface area contributed by atoms with Gasteiger partial charge in [0.1, 0.15) is 5.52 Å². The largest absolute Gasteiger partial charge is 0.423 e. The third-order valence-corrected chi connectivity index (χ3v) is 2.95. The van der Waals surface area contributed by atoms with Gasteiger partial charge in [-0.05, 0) is 26.0 Å². The van der Waals surface area contributed by atoms with Crippen LogP contribution in [0.3, 0.4) is 0 Å². The molecule has 0 saturated heterocycles. The zero-order valence-electron chi connectivity index (χ0n) is 10.6. The first-order valence-corrected chi connectivity index (χ1v) is 6.39. The van der Waals surface area contributed by atoms with E-state index in [1.165, 1.54) is 0 Å². The number of hydrogen-bond acceptors (Lipinski definition) is 4. The van der Waals surface area contributed by atoms with E-state index < -0.39 is 0 Å². The lowest BCUT2D eigenvalue weighted by Crippen LogP contribution is -2.33. The summed E-state index contributed by atoms with van der Waals surface area (Å²) < 4.78 is 5.75. The molecule has 2 rings (SSSR count). The van der Waals surface area contributed by atoms with Gasteiger partial charge in [0.05, 0.1) is 4.99 Å². The van der Waals surface area contributed by atoms with Crippen LogP contribution < -0.4 is 10.6 Å². The van der Waals surface area contributed by atoms with E-state index in [-0.39, 0.29) is 6.04 Å². The van der Waals surface area contributed by atoms with E-state index in [2.05, 4.69) is 23.7 Å². The summed E-state index contributed by atoms with van der Waals surface area (Å²) in [5, 5.41) is 0. The standard InChI is InChI=1S/C13H17N3OS/c1-9(2)16(8-7-12(14)18)13-15-10-5-3-4-6-11(10)17-13/h3-6,9H,7-8H2,1-2H3,(H2,14,18). The number of benzene rings is 1. The van der Waals surface area contributed by atoms with Gasteiger partial charge in [-0.2, -0.15) is 4.98 Å². The molecule has 0 spiro atoms. The fourth-order valence-corrected chi connectivity index (χ4v) is 1.88. The summed E-state index contributed by atoms with van der Waals surface area (Å²) in [5.74, 6) is 0. The molecule has 2 N–H and O–H groups in total. The van der Waals surface area contributed by atoms with Crippen LogP contribution in [-0.2, 0) is 0 Å². The second-order valence-electron chi connectivity index (χ2n) is 4.47. The SMILES string of the molecule is CC(C)N(CCC(N)=S)c1nc2ccccc2o1. The van der Waals surface area contributed by atoms with Gasteiger partial charge >= 0.3 is 0 Å². The van der Waals surface area contributed by atoms with Crippen molar-refractivity contribution in [2.75, 3.05) is 11.4 Å². The molecule has 0 aliphatic carbocycles. The lowest BCUT2D eigenvalue weighted by molar-refractivity contribution is 0.541. The van der Waals surface area contributed by atoms with Gasteiger partial charge in [-0.3, -0.25) is 0 Å². The van der Waals surface area contributed by atoms with Gasteiger partial charge in [0.2, 0.25) is 0 Å². The third-order valence-electron chi connectivity index (χ3n) is 2.75. The van der Waals surface area contributed by atoms with Crippen molar-refractivity contribution in [2.45, 2.75) is 26.3 Å². The van der Waals surface area contributed by atoms with Crippen molar-refractivity contribution in [3.8, 4) is 0 Å². The molecule has 0 atom stereocenters. The molecule has 0 unspecified atom stereocenters. The maximum Gasteiger partial charge on any atom is 0.298 e. The minimum absolute atomic E-state index is 0.285. The summed E-state index contributed by atoms with van der Waals surface area (Å²) in [4.78, 5) is 7.07. The first kappa shape index (κ1) is 12.8. The van der Waals surface area contributed by atoms with Crippen LogP contribution >= 0.6 is 12.2 Å². The fourth-order valence-electron chi connectivity index (χ4n) is 1.79. The maximum absolute atomic E-state index is 5.75. The van der Waals surface area contributed by atoms with E-state index >= 15 is 0 Å². The van der Waals surface area contributed by atoms with Crippen LogP contribution in [0.5, 0.6) is 0 Å². The molecule has 0 aliphatic heterocycles. The molecule has 96 valence electrons. The van der Waals surface area contributed by atoms with Crippen molar-refractivity contribution < 1.29 is 4.42 Å². The molecule has 1 aromatic heterocycles. The minimum Gasteiger partial charge on any atom is -0.423 e. The molecule has 0 amide bonds. The molecule has 0 aliphatic rings. The molecule has 4 nitrogen and oxygen atoms in total. The lowest BCUT2D eigenvalue weighted by Gasteiger charge is -2.24. The number of anilines is 1. The topological polar surface area (TPSA) is 55.3 Å². The Bertz CT molecular complexity index is 517. The zero-order valence-corrected chi connectivity index (χ0v) is 11.4. The Morgan fingerprint density at radius 2 is 2.17 bits per heavy atom. The summed E-state index contributed by atoms with van der Waals surface area (Å²) in [7, 11) is 0. The van der Waals surface area contributed by atoms with E-state index in [0.29, 0.717) is 17.4 Å². The van der Waals surface area contributed by atoms with Crippen molar-refractivity contribution in [2.24, 2.45) is 5.73 Å². The van der Waals surface area contributed by atoms with Gasteiger partial charge in [-0.25, -0.2) is 0 Å². The monoisotopic (exact) mass is 263 g/mol. The lowest BCUT2D eigenvalue weighted by atomic mass is 10.3. The third kappa shape index (κ3) is 2.79. The van der Waals surface area contributed by atoms with E-state index in [0.717, 1.165) is 17.6 Å². The van der Waals surface area contributed by atoms with E-state index in [4.69, 9.17) is 22.4 Å². The quantitative estimate of drug-likeness (QED) is 0.841. The Balaban J connectivity index is 2.26. The Labute approximate surface area is 112 Å². The van der Waals surface area contributed by atoms with Gasteiger partial charge in [-0.15, -0.1) is 0 Å². The number of rotatable bonds is 5. The predicted octanol–water partition coefficient (Wildman–Crippen LogP) is 2.72. The van der Waals surface area contributed by atoms with Crippen LogP contribution in [0.25, 0.3) is 11.1 Å². The fraction of sp³-hybridized carbons (Fsp3) is 0.385. The maximum atomic E-state index is 5.75. The molecular weight excluding hydrogens is 246 g/mol. The molecule has 0 bridgehead atoms. The number of fused-ring (bicyclic) bond motifs is 1. The predicted molar refractivity (Wildman–Crippen MR) is 77.9 cm³/mol. The molecule has 2 aromatic rings. The molecule has 1 aromatic carbocycles. The smallest absolute Gasteiger partial charge is 0.298 e. The Morgan fingerprint density at radius 1 is 1.44 bits per heavy atom. The first-order valence-electron chi connectivity index (χ1n) is 5.98. The number of nitrogens with two attached hydrogens (primary N) is 1. The highest BCUT2D eigenvalue weighted by Crippen LogP contribution is 2.23. The van der Waals surface area contributed by atoms with Crippen molar-refractivity contribution in [3.63, 3.8) is 0 Å². The average molecular weight is 263 g/mol. The van der Waals surface area contributed by atoms with Crippen molar-refractivity contribution in [1.29, 1.82) is 0 Å². The Kier molecular flexibility index (Phi) is 3.81. The van der Waals surface area contributed by atoms with Gasteiger partial charge in [0.25, 0.3) is 6.01 Å². The number of aromatic nitrogens is 1. The summed E-state index contributed by atoms with van der Waals surface area (Å²) >= 11 is 4.91. The zero-order chi connectivity index (χ0) is 13.1. The highest BCUT2D eigenvalue weighted by Gasteiger charge is 2.16. The Morgan fingerprint density at radius 3 is 2.78 bits per heavy atom. The van der Waals surface area contributed by atoms with Crippen LogP contribution in [-0.4, -0.2) is 22.6 Å². The minimum atomic E-state index is 0.285. The van der Waals surface area contributed by atoms with E-state index in [1.807, 2.05) is 24.3 Å². The number of hydrogen-bond donors (Lipinski definition) is 1. The van der Waals surface area contributed by atoms with Crippen molar-refractivity contribution in [1.82, 2.24) is 4.98 Å². The number of thiocarbonyl (C=S) groups is 1. The number of para-hydroxylation sites is 2. The number of nitrogens with zero attached hydrogens (tertiary/aromatic N) is 2. The Hall–Kier alpha value is -1.62. The highest BCUT2D eigenvalue weighted by atomic mass is 32.1. The summed E-state index contributed by atoms with van der Waals surface area (Å²) in [6.45, 7) is 4.91. The van der Waals surface area contributed by atoms with Crippen molar-refractivity contribution in [3.05, 3.63) is 24.3 Å². The first-order chi connectivity index (χ1) is 8.58. The van der Waals surface area contributed by atoms with Gasteiger partial charge < -0.3 is 15.1 Å². The second-order valence-corrected chi connectivity index (χ2v) is 4.99. The second kappa shape index (κ2) is 5.35. The van der Waals surface area contributed by atoms with E-state index in [1.54, 1.807) is 0 Å². The summed E-state index contributed by atoms with van der Waals surface area (Å²) in [6.07, 6.45) is 0.659. The van der Waals surface area contributed by atoms with Crippen LogP contribution in [0.4, 0.5) is 6.01 Å². The van der Waals surface area contributed by atoms with Crippen LogP contribution in [0.15, 0.2) is 28.7 Å². The van der Waals surface area contributed by atoms with Gasteiger partial charge in [-0.1, -0.05) is 24.4 Å². The molecular formula is C13H17N3OS. The molecule has 5 heteroatoms. The van der Waals surface area contributed by atoms with Crippen molar-refractivity contribution >= 4 is 34.3 Å². The average Bonchev–Trinajstić information content (AvgIpc) is 2.71. The normalized spacial score (nSPS) is 11.1. The molecule has 18 heavy (non-hydrogen) atoms. The molecule has 0 radical (unpaired) electrons. The van der Waals surface area contributed by atoms with Crippen LogP contribution in [0, 0.1) is 0 Å². The molecule has 0 saturated carbocycles. The molecule has 1 heterocycles. The van der Waals surface area contributed by atoms with Gasteiger partial charge in [0, 0.05) is 19.0 Å². The number of oxazole rings is 1. The highest BCUT2D eigenvalue weighted by molar-refractivity contribution is 7.80. The van der Waals surface area contributed by atoms with Crippen LogP contribution in [0.2, 0.25) is 0 Å². The van der Waals surface area contributed by atoms with Crippen LogP contribution in [0.1, 0.15) is 20.3 Å². The van der Waals surface area contributed by atoms with Gasteiger partial charge in [0.15, 0.2) is 5.58 Å². The molecule has 0 fully saturated rings. The summed E-state index contributed by atoms with van der Waals surface area (Å²) in [5.41, 5.74) is 7.22. The summed E-state index contributed by atoms with van der Waals surface area (Å²) in [6, 6.07) is 8.65. The van der Waals surface area contributed by atoms with E-state index in [9.17, 15) is 0 Å².